The van der Waals surface area contributed by atoms with E-state index in [1.54, 1.807) is 19.1 Å². The molecule has 1 aliphatic rings. The SMILES string of the molecule is CCOc1ccc(Nc2nc(NC3=CC=CC(=CC(=O)NC)C3O)ncc2F)cc1S(=O)(=O)O. The first kappa shape index (κ1) is 24.8. The van der Waals surface area contributed by atoms with Crippen molar-refractivity contribution in [3.8, 4) is 5.75 Å². The number of aliphatic hydroxyl groups excluding tert-OH is 1. The van der Waals surface area contributed by atoms with Gasteiger partial charge in [-0.05, 0) is 36.8 Å². The largest absolute Gasteiger partial charge is 0.492 e. The standard InChI is InChI=1S/C21H22FN5O6S/c1-3-33-16-8-7-13(10-17(16)34(30,31)32)25-20-14(22)11-24-21(27-20)26-15-6-4-5-12(19(15)29)9-18(28)23-2/h4-11,19,29H,3H2,1-2H3,(H,23,28)(H,30,31,32)(H2,24,25,26,27). The van der Waals surface area contributed by atoms with Gasteiger partial charge < -0.3 is 25.8 Å². The lowest BCUT2D eigenvalue weighted by Crippen LogP contribution is -2.24. The lowest BCUT2D eigenvalue weighted by molar-refractivity contribution is -0.116. The molecule has 5 N–H and O–H groups in total. The highest BCUT2D eigenvalue weighted by Gasteiger charge is 2.21. The molecule has 11 nitrogen and oxygen atoms in total. The summed E-state index contributed by atoms with van der Waals surface area (Å²) in [6.45, 7) is 1.82. The van der Waals surface area contributed by atoms with Crippen LogP contribution in [-0.2, 0) is 14.9 Å². The zero-order valence-corrected chi connectivity index (χ0v) is 18.9. The van der Waals surface area contributed by atoms with Crippen LogP contribution in [0.5, 0.6) is 5.75 Å². The molecule has 1 amide bonds. The number of aromatic nitrogens is 2. The summed E-state index contributed by atoms with van der Waals surface area (Å²) >= 11 is 0. The Morgan fingerprint density at radius 3 is 2.76 bits per heavy atom. The first-order chi connectivity index (χ1) is 16.1. The number of anilines is 3. The highest BCUT2D eigenvalue weighted by atomic mass is 32.2. The number of nitrogens with zero attached hydrogens (tertiary/aromatic N) is 2. The molecule has 1 unspecified atom stereocenters. The highest BCUT2D eigenvalue weighted by molar-refractivity contribution is 7.86. The molecule has 3 rings (SSSR count). The van der Waals surface area contributed by atoms with Gasteiger partial charge in [-0.15, -0.1) is 0 Å². The lowest BCUT2D eigenvalue weighted by Gasteiger charge is -2.20. The fraction of sp³-hybridized carbons (Fsp3) is 0.190. The van der Waals surface area contributed by atoms with Crippen LogP contribution in [0.3, 0.4) is 0 Å². The second kappa shape index (κ2) is 10.4. The maximum atomic E-state index is 14.4. The molecule has 2 aromatic rings. The Bertz CT molecular complexity index is 1290. The van der Waals surface area contributed by atoms with E-state index in [0.717, 1.165) is 12.3 Å². The third-order valence-electron chi connectivity index (χ3n) is 4.50. The van der Waals surface area contributed by atoms with Gasteiger partial charge in [0.1, 0.15) is 16.7 Å². The molecule has 1 aromatic carbocycles. The van der Waals surface area contributed by atoms with E-state index >= 15 is 0 Å². The van der Waals surface area contributed by atoms with Gasteiger partial charge in [-0.1, -0.05) is 12.2 Å². The van der Waals surface area contributed by atoms with Crippen LogP contribution in [-0.4, -0.2) is 53.7 Å². The smallest absolute Gasteiger partial charge is 0.298 e. The Labute approximate surface area is 194 Å². The number of amides is 1. The van der Waals surface area contributed by atoms with Gasteiger partial charge >= 0.3 is 0 Å². The molecule has 0 saturated carbocycles. The van der Waals surface area contributed by atoms with Crippen molar-refractivity contribution >= 4 is 33.5 Å². The van der Waals surface area contributed by atoms with E-state index in [0.29, 0.717) is 5.57 Å². The minimum Gasteiger partial charge on any atom is -0.492 e. The van der Waals surface area contributed by atoms with Crippen molar-refractivity contribution in [1.29, 1.82) is 0 Å². The van der Waals surface area contributed by atoms with Crippen molar-refractivity contribution in [1.82, 2.24) is 15.3 Å². The van der Waals surface area contributed by atoms with E-state index in [2.05, 4.69) is 25.9 Å². The van der Waals surface area contributed by atoms with Crippen LogP contribution in [0.2, 0.25) is 0 Å². The number of carbonyl (C=O) groups excluding carboxylic acids is 1. The average Bonchev–Trinajstić information content (AvgIpc) is 2.79. The summed E-state index contributed by atoms with van der Waals surface area (Å²) in [5, 5.41) is 18.3. The van der Waals surface area contributed by atoms with Crippen molar-refractivity contribution in [2.75, 3.05) is 24.3 Å². The molecule has 0 bridgehead atoms. The van der Waals surface area contributed by atoms with Gasteiger partial charge in [-0.25, -0.2) is 9.37 Å². The number of hydrogen-bond donors (Lipinski definition) is 5. The number of allylic oxidation sites excluding steroid dienone is 2. The topological polar surface area (TPSA) is 163 Å². The quantitative estimate of drug-likeness (QED) is 0.272. The first-order valence-corrected chi connectivity index (χ1v) is 11.4. The number of ether oxygens (including phenoxy) is 1. The molecule has 1 heterocycles. The summed E-state index contributed by atoms with van der Waals surface area (Å²) in [4.78, 5) is 18.9. The van der Waals surface area contributed by atoms with Crippen LogP contribution >= 0.6 is 0 Å². The van der Waals surface area contributed by atoms with Crippen LogP contribution in [0.1, 0.15) is 6.92 Å². The summed E-state index contributed by atoms with van der Waals surface area (Å²) in [6, 6.07) is 3.80. The number of nitrogens with one attached hydrogen (secondary N) is 3. The van der Waals surface area contributed by atoms with Gasteiger partial charge in [-0.2, -0.15) is 13.4 Å². The molecular formula is C21H22FN5O6S. The average molecular weight is 492 g/mol. The van der Waals surface area contributed by atoms with E-state index in [9.17, 15) is 27.3 Å². The summed E-state index contributed by atoms with van der Waals surface area (Å²) in [7, 11) is -3.15. The lowest BCUT2D eigenvalue weighted by atomic mass is 10.0. The van der Waals surface area contributed by atoms with Crippen molar-refractivity contribution < 1.29 is 32.0 Å². The first-order valence-electron chi connectivity index (χ1n) is 9.93. The Kier molecular flexibility index (Phi) is 7.61. The molecule has 0 fully saturated rings. The normalized spacial score (nSPS) is 16.7. The molecule has 0 spiro atoms. The van der Waals surface area contributed by atoms with Crippen molar-refractivity contribution in [2.45, 2.75) is 17.9 Å². The molecular weight excluding hydrogens is 469 g/mol. The second-order valence-corrected chi connectivity index (χ2v) is 8.24. The van der Waals surface area contributed by atoms with Crippen LogP contribution in [0.4, 0.5) is 21.8 Å². The number of hydrogen-bond acceptors (Lipinski definition) is 9. The molecule has 1 aliphatic carbocycles. The van der Waals surface area contributed by atoms with Gasteiger partial charge in [0.15, 0.2) is 11.6 Å². The van der Waals surface area contributed by atoms with Gasteiger partial charge in [0.05, 0.1) is 18.5 Å². The second-order valence-electron chi connectivity index (χ2n) is 6.85. The highest BCUT2D eigenvalue weighted by Crippen LogP contribution is 2.29. The summed E-state index contributed by atoms with van der Waals surface area (Å²) in [5.74, 6) is -1.68. The molecule has 0 radical (unpaired) electrons. The van der Waals surface area contributed by atoms with Crippen LogP contribution in [0.25, 0.3) is 0 Å². The third kappa shape index (κ3) is 5.95. The molecule has 180 valence electrons. The Morgan fingerprint density at radius 1 is 1.32 bits per heavy atom. The van der Waals surface area contributed by atoms with Crippen molar-refractivity contribution in [3.63, 3.8) is 0 Å². The predicted molar refractivity (Wildman–Crippen MR) is 122 cm³/mol. The number of carbonyl (C=O) groups is 1. The molecule has 1 aromatic heterocycles. The number of halogens is 1. The molecule has 0 saturated heterocycles. The van der Waals surface area contributed by atoms with Gasteiger partial charge in [0.25, 0.3) is 10.1 Å². The minimum atomic E-state index is -4.61. The van der Waals surface area contributed by atoms with Crippen molar-refractivity contribution in [2.24, 2.45) is 0 Å². The van der Waals surface area contributed by atoms with Crippen molar-refractivity contribution in [3.05, 3.63) is 65.8 Å². The Balaban J connectivity index is 1.85. The Hall–Kier alpha value is -3.81. The van der Waals surface area contributed by atoms with Crippen LogP contribution < -0.4 is 20.7 Å². The zero-order valence-electron chi connectivity index (χ0n) is 18.1. The molecule has 0 aliphatic heterocycles. The fourth-order valence-corrected chi connectivity index (χ4v) is 3.59. The fourth-order valence-electron chi connectivity index (χ4n) is 2.93. The van der Waals surface area contributed by atoms with E-state index in [-0.39, 0.29) is 35.5 Å². The number of aliphatic hydroxyl groups is 1. The van der Waals surface area contributed by atoms with Gasteiger partial charge in [0, 0.05) is 18.8 Å². The predicted octanol–water partition coefficient (Wildman–Crippen LogP) is 1.90. The number of benzene rings is 1. The molecule has 13 heteroatoms. The third-order valence-corrected chi connectivity index (χ3v) is 5.38. The van der Waals surface area contributed by atoms with E-state index in [1.165, 1.54) is 31.3 Å². The summed E-state index contributed by atoms with van der Waals surface area (Å²) in [5.41, 5.74) is 0.664. The van der Waals surface area contributed by atoms with Crippen LogP contribution in [0, 0.1) is 5.82 Å². The summed E-state index contributed by atoms with van der Waals surface area (Å²) < 4.78 is 52.4. The summed E-state index contributed by atoms with van der Waals surface area (Å²) in [6.07, 6.45) is 5.62. The van der Waals surface area contributed by atoms with E-state index < -0.39 is 32.8 Å². The molecule has 1 atom stereocenters. The van der Waals surface area contributed by atoms with Crippen LogP contribution in [0.15, 0.2) is 64.9 Å². The van der Waals surface area contributed by atoms with E-state index in [4.69, 9.17) is 4.74 Å². The maximum Gasteiger partial charge on any atom is 0.298 e. The Morgan fingerprint density at radius 2 is 2.09 bits per heavy atom. The molecule has 34 heavy (non-hydrogen) atoms. The number of rotatable bonds is 8. The number of likely N-dealkylation sites (N-methyl/N-ethyl adjacent to an activating group) is 1. The van der Waals surface area contributed by atoms with Gasteiger partial charge in [-0.3, -0.25) is 9.35 Å². The van der Waals surface area contributed by atoms with Gasteiger partial charge in [0.2, 0.25) is 11.9 Å². The van der Waals surface area contributed by atoms with E-state index in [1.807, 2.05) is 0 Å². The monoisotopic (exact) mass is 491 g/mol. The maximum absolute atomic E-state index is 14.4. The zero-order chi connectivity index (χ0) is 24.9. The minimum absolute atomic E-state index is 0.0621.